The first kappa shape index (κ1) is 22.2. The summed E-state index contributed by atoms with van der Waals surface area (Å²) in [6, 6.07) is 1.37. The van der Waals surface area contributed by atoms with Crippen molar-refractivity contribution in [2.75, 3.05) is 13.2 Å². The molecule has 0 radical (unpaired) electrons. The van der Waals surface area contributed by atoms with E-state index < -0.39 is 37.2 Å². The van der Waals surface area contributed by atoms with Crippen molar-refractivity contribution in [1.29, 1.82) is 0 Å². The molecule has 0 aliphatic carbocycles. The summed E-state index contributed by atoms with van der Waals surface area (Å²) in [5.74, 6) is -0.785. The maximum atomic E-state index is 12.6. The first-order chi connectivity index (χ1) is 11.9. The number of hydrogen-bond donors (Lipinski definition) is 0. The molecule has 0 amide bonds. The minimum Gasteiger partial charge on any atom is -0.455 e. The second kappa shape index (κ2) is 9.21. The number of halogens is 3. The van der Waals surface area contributed by atoms with Crippen molar-refractivity contribution < 1.29 is 32.2 Å². The molecule has 0 aliphatic heterocycles. The van der Waals surface area contributed by atoms with E-state index >= 15 is 0 Å². The number of carbonyl (C=O) groups excluding carboxylic acids is 2. The summed E-state index contributed by atoms with van der Waals surface area (Å²) in [5.41, 5.74) is 0.634. The van der Waals surface area contributed by atoms with Crippen LogP contribution in [0.4, 0.5) is 13.2 Å². The number of rotatable bonds is 9. The minimum atomic E-state index is -4.38. The Morgan fingerprint density at radius 1 is 1.19 bits per heavy atom. The molecule has 0 saturated carbocycles. The molecule has 1 aromatic heterocycles. The lowest BCUT2D eigenvalue weighted by Crippen LogP contribution is -2.26. The number of aromatic nitrogens is 1. The maximum Gasteiger partial charge on any atom is 0.406 e. The van der Waals surface area contributed by atoms with Gasteiger partial charge in [-0.2, -0.15) is 13.2 Å². The second-order valence-electron chi connectivity index (χ2n) is 6.71. The van der Waals surface area contributed by atoms with Crippen LogP contribution in [0.25, 0.3) is 0 Å². The summed E-state index contributed by atoms with van der Waals surface area (Å²) in [5, 5.41) is 0. The van der Waals surface area contributed by atoms with E-state index in [1.807, 2.05) is 13.8 Å². The van der Waals surface area contributed by atoms with Crippen LogP contribution in [-0.4, -0.2) is 41.8 Å². The van der Waals surface area contributed by atoms with Gasteiger partial charge in [0.2, 0.25) is 5.78 Å². The lowest BCUT2D eigenvalue weighted by atomic mass is 10.1. The van der Waals surface area contributed by atoms with Crippen LogP contribution >= 0.6 is 0 Å². The molecule has 0 spiro atoms. The smallest absolute Gasteiger partial charge is 0.406 e. The van der Waals surface area contributed by atoms with E-state index in [1.54, 1.807) is 0 Å². The zero-order chi connectivity index (χ0) is 20.1. The Morgan fingerprint density at radius 3 is 2.35 bits per heavy atom. The van der Waals surface area contributed by atoms with E-state index in [4.69, 9.17) is 9.47 Å². The Bertz CT molecular complexity index is 635. The molecule has 0 aromatic carbocycles. The number of hydrogen-bond acceptors (Lipinski definition) is 4. The third-order valence-electron chi connectivity index (χ3n) is 3.95. The highest BCUT2D eigenvalue weighted by atomic mass is 19.4. The van der Waals surface area contributed by atoms with Gasteiger partial charge in [0, 0.05) is 23.6 Å². The fraction of sp³-hybridized carbons (Fsp3) is 0.667. The SMILES string of the molecule is Cc1cc(C(=O)COC(=O)C(C)OCCC(C)C)c(C)n1CC(F)(F)F. The Kier molecular flexibility index (Phi) is 7.87. The van der Waals surface area contributed by atoms with Gasteiger partial charge in [0.1, 0.15) is 6.54 Å². The second-order valence-corrected chi connectivity index (χ2v) is 6.71. The van der Waals surface area contributed by atoms with Gasteiger partial charge in [-0.05, 0) is 39.2 Å². The highest BCUT2D eigenvalue weighted by molar-refractivity contribution is 5.99. The normalized spacial score (nSPS) is 13.1. The van der Waals surface area contributed by atoms with Gasteiger partial charge in [0.15, 0.2) is 12.7 Å². The quantitative estimate of drug-likeness (QED) is 0.485. The number of ether oxygens (including phenoxy) is 2. The largest absolute Gasteiger partial charge is 0.455 e. The van der Waals surface area contributed by atoms with E-state index in [1.165, 1.54) is 26.8 Å². The monoisotopic (exact) mass is 377 g/mol. The molecule has 0 bridgehead atoms. The molecular weight excluding hydrogens is 351 g/mol. The summed E-state index contributed by atoms with van der Waals surface area (Å²) in [6.07, 6.45) is -4.40. The molecule has 0 N–H and O–H groups in total. The van der Waals surface area contributed by atoms with E-state index in [0.29, 0.717) is 18.2 Å². The summed E-state index contributed by atoms with van der Waals surface area (Å²) < 4.78 is 49.1. The van der Waals surface area contributed by atoms with E-state index in [2.05, 4.69) is 0 Å². The first-order valence-electron chi connectivity index (χ1n) is 8.47. The summed E-state index contributed by atoms with van der Waals surface area (Å²) in [4.78, 5) is 24.1. The summed E-state index contributed by atoms with van der Waals surface area (Å²) >= 11 is 0. The highest BCUT2D eigenvalue weighted by Crippen LogP contribution is 2.23. The fourth-order valence-electron chi connectivity index (χ4n) is 2.39. The first-order valence-corrected chi connectivity index (χ1v) is 8.47. The van der Waals surface area contributed by atoms with Crippen molar-refractivity contribution in [3.63, 3.8) is 0 Å². The van der Waals surface area contributed by atoms with Gasteiger partial charge < -0.3 is 14.0 Å². The average Bonchev–Trinajstić information content (AvgIpc) is 2.78. The molecule has 1 unspecified atom stereocenters. The number of nitrogens with zero attached hydrogens (tertiary/aromatic N) is 1. The molecule has 26 heavy (non-hydrogen) atoms. The van der Waals surface area contributed by atoms with Crippen molar-refractivity contribution in [2.24, 2.45) is 5.92 Å². The van der Waals surface area contributed by atoms with E-state index in [0.717, 1.165) is 11.0 Å². The van der Waals surface area contributed by atoms with Crippen LogP contribution in [-0.2, 0) is 20.8 Å². The Labute approximate surface area is 151 Å². The number of alkyl halides is 3. The van der Waals surface area contributed by atoms with Crippen LogP contribution in [0.2, 0.25) is 0 Å². The molecule has 8 heteroatoms. The lowest BCUT2D eigenvalue weighted by Gasteiger charge is -2.14. The fourth-order valence-corrected chi connectivity index (χ4v) is 2.39. The van der Waals surface area contributed by atoms with Gasteiger partial charge in [-0.25, -0.2) is 4.79 Å². The van der Waals surface area contributed by atoms with Gasteiger partial charge in [0.05, 0.1) is 0 Å². The zero-order valence-electron chi connectivity index (χ0n) is 15.8. The van der Waals surface area contributed by atoms with Crippen molar-refractivity contribution >= 4 is 11.8 Å². The molecular formula is C18H26F3NO4. The van der Waals surface area contributed by atoms with Crippen LogP contribution in [0.3, 0.4) is 0 Å². The van der Waals surface area contributed by atoms with Gasteiger partial charge in [-0.15, -0.1) is 0 Å². The Hall–Kier alpha value is -1.83. The number of aryl methyl sites for hydroxylation is 1. The van der Waals surface area contributed by atoms with Gasteiger partial charge in [-0.3, -0.25) is 4.79 Å². The molecule has 148 valence electrons. The minimum absolute atomic E-state index is 0.118. The number of Topliss-reactive ketones (excluding diaryl/α,β-unsaturated/α-hetero) is 1. The molecule has 1 rings (SSSR count). The summed E-state index contributed by atoms with van der Waals surface area (Å²) in [6.45, 7) is 7.21. The van der Waals surface area contributed by atoms with Crippen LogP contribution in [0.1, 0.15) is 48.9 Å². The Balaban J connectivity index is 2.63. The third kappa shape index (κ3) is 6.82. The van der Waals surface area contributed by atoms with Crippen LogP contribution in [0.15, 0.2) is 6.07 Å². The van der Waals surface area contributed by atoms with Gasteiger partial charge >= 0.3 is 12.1 Å². The van der Waals surface area contributed by atoms with Crippen molar-refractivity contribution in [2.45, 2.75) is 59.9 Å². The van der Waals surface area contributed by atoms with E-state index in [-0.39, 0.29) is 11.3 Å². The Morgan fingerprint density at radius 2 is 1.81 bits per heavy atom. The van der Waals surface area contributed by atoms with Gasteiger partial charge in [0.25, 0.3) is 0 Å². The average molecular weight is 377 g/mol. The van der Waals surface area contributed by atoms with E-state index in [9.17, 15) is 22.8 Å². The molecule has 1 aromatic rings. The maximum absolute atomic E-state index is 12.6. The molecule has 0 fully saturated rings. The van der Waals surface area contributed by atoms with Crippen LogP contribution in [0.5, 0.6) is 0 Å². The topological polar surface area (TPSA) is 57.5 Å². The standard InChI is InChI=1S/C18H26F3NO4/c1-11(2)6-7-25-14(5)17(24)26-9-16(23)15-8-12(3)22(13(15)4)10-18(19,20)21/h8,11,14H,6-7,9-10H2,1-5H3. The predicted molar refractivity (Wildman–Crippen MR) is 90.1 cm³/mol. The predicted octanol–water partition coefficient (Wildman–Crippen LogP) is 3.84. The van der Waals surface area contributed by atoms with Crippen molar-refractivity contribution in [1.82, 2.24) is 4.57 Å². The van der Waals surface area contributed by atoms with Crippen molar-refractivity contribution in [3.8, 4) is 0 Å². The lowest BCUT2D eigenvalue weighted by molar-refractivity contribution is -0.155. The molecule has 0 saturated heterocycles. The van der Waals surface area contributed by atoms with Gasteiger partial charge in [-0.1, -0.05) is 13.8 Å². The highest BCUT2D eigenvalue weighted by Gasteiger charge is 2.30. The zero-order valence-corrected chi connectivity index (χ0v) is 15.8. The molecule has 0 aliphatic rings. The van der Waals surface area contributed by atoms with Crippen molar-refractivity contribution in [3.05, 3.63) is 23.0 Å². The number of esters is 1. The molecule has 1 atom stereocenters. The molecule has 1 heterocycles. The van der Waals surface area contributed by atoms with Crippen LogP contribution in [0, 0.1) is 19.8 Å². The molecule has 5 nitrogen and oxygen atoms in total. The third-order valence-corrected chi connectivity index (χ3v) is 3.95. The number of carbonyl (C=O) groups is 2. The number of ketones is 1. The summed E-state index contributed by atoms with van der Waals surface area (Å²) in [7, 11) is 0. The van der Waals surface area contributed by atoms with Crippen LogP contribution < -0.4 is 0 Å².